The fourth-order valence-electron chi connectivity index (χ4n) is 3.52. The van der Waals surface area contributed by atoms with E-state index in [1.54, 1.807) is 55.7 Å². The van der Waals surface area contributed by atoms with Gasteiger partial charge in [-0.1, -0.05) is 6.07 Å². The molecule has 0 bridgehead atoms. The lowest BCUT2D eigenvalue weighted by Crippen LogP contribution is -2.12. The molecule has 0 radical (unpaired) electrons. The molecule has 1 aliphatic heterocycles. The first-order chi connectivity index (χ1) is 16.5. The van der Waals surface area contributed by atoms with E-state index in [4.69, 9.17) is 28.4 Å². The molecule has 0 saturated heterocycles. The molecule has 0 aromatic heterocycles. The first kappa shape index (κ1) is 22.7. The zero-order chi connectivity index (χ0) is 24.2. The summed E-state index contributed by atoms with van der Waals surface area (Å²) in [4.78, 5) is 25.7. The van der Waals surface area contributed by atoms with Crippen molar-refractivity contribution < 1.29 is 38.0 Å². The number of ether oxygens (including phenoxy) is 6. The summed E-state index contributed by atoms with van der Waals surface area (Å²) in [6.45, 7) is 0. The smallest absolute Gasteiger partial charge is 0.351 e. The molecule has 3 aromatic rings. The van der Waals surface area contributed by atoms with E-state index in [2.05, 4.69) is 0 Å². The molecule has 0 saturated carbocycles. The van der Waals surface area contributed by atoms with Gasteiger partial charge in [-0.05, 0) is 42.5 Å². The summed E-state index contributed by atoms with van der Waals surface area (Å²) in [5, 5.41) is 0. The Bertz CT molecular complexity index is 1270. The largest absolute Gasteiger partial charge is 0.497 e. The first-order valence-electron chi connectivity index (χ1n) is 10.2. The Labute approximate surface area is 196 Å². The number of ketones is 1. The summed E-state index contributed by atoms with van der Waals surface area (Å²) in [6.07, 6.45) is 1.59. The van der Waals surface area contributed by atoms with Crippen molar-refractivity contribution in [3.63, 3.8) is 0 Å². The Morgan fingerprint density at radius 3 is 2.12 bits per heavy atom. The molecule has 4 rings (SSSR count). The SMILES string of the molecule is COc1ccc(/C=C2\Oc3cc(OC(=O)c4c(OC)cccc4OC)ccc3C2=O)c(OC)c1. The predicted molar refractivity (Wildman–Crippen MR) is 123 cm³/mol. The second-order valence-electron chi connectivity index (χ2n) is 7.13. The quantitative estimate of drug-likeness (QED) is 0.287. The van der Waals surface area contributed by atoms with E-state index >= 15 is 0 Å². The number of rotatable bonds is 7. The van der Waals surface area contributed by atoms with Crippen LogP contribution in [0.15, 0.2) is 60.4 Å². The van der Waals surface area contributed by atoms with Crippen LogP contribution in [0.1, 0.15) is 26.3 Å². The fourth-order valence-corrected chi connectivity index (χ4v) is 3.52. The highest BCUT2D eigenvalue weighted by atomic mass is 16.5. The van der Waals surface area contributed by atoms with Gasteiger partial charge in [0, 0.05) is 17.7 Å². The molecule has 0 amide bonds. The topological polar surface area (TPSA) is 89.5 Å². The molecule has 174 valence electrons. The normalized spacial score (nSPS) is 13.2. The van der Waals surface area contributed by atoms with Crippen molar-refractivity contribution in [3.05, 3.63) is 77.0 Å². The van der Waals surface area contributed by atoms with E-state index in [1.807, 2.05) is 0 Å². The van der Waals surface area contributed by atoms with Gasteiger partial charge in [0.25, 0.3) is 0 Å². The van der Waals surface area contributed by atoms with Crippen LogP contribution in [-0.2, 0) is 0 Å². The van der Waals surface area contributed by atoms with Crippen molar-refractivity contribution in [2.24, 2.45) is 0 Å². The van der Waals surface area contributed by atoms with Crippen LogP contribution in [0.5, 0.6) is 34.5 Å². The summed E-state index contributed by atoms with van der Waals surface area (Å²) in [5.41, 5.74) is 1.15. The molecule has 1 aliphatic rings. The van der Waals surface area contributed by atoms with Gasteiger partial charge in [-0.3, -0.25) is 4.79 Å². The second kappa shape index (κ2) is 9.58. The number of carbonyl (C=O) groups excluding carboxylic acids is 2. The maximum atomic E-state index is 12.8. The third-order valence-electron chi connectivity index (χ3n) is 5.21. The maximum Gasteiger partial charge on any atom is 0.351 e. The van der Waals surface area contributed by atoms with E-state index in [1.165, 1.54) is 33.5 Å². The van der Waals surface area contributed by atoms with Crippen molar-refractivity contribution in [1.82, 2.24) is 0 Å². The molecule has 8 heteroatoms. The highest BCUT2D eigenvalue weighted by molar-refractivity contribution is 6.14. The molecule has 0 atom stereocenters. The van der Waals surface area contributed by atoms with Crippen LogP contribution < -0.4 is 28.4 Å². The Morgan fingerprint density at radius 2 is 1.47 bits per heavy atom. The van der Waals surface area contributed by atoms with Gasteiger partial charge in [0.1, 0.15) is 40.1 Å². The molecule has 0 spiro atoms. The lowest BCUT2D eigenvalue weighted by Gasteiger charge is -2.12. The number of hydrogen-bond acceptors (Lipinski definition) is 8. The highest BCUT2D eigenvalue weighted by Gasteiger charge is 2.29. The number of benzene rings is 3. The molecule has 8 nitrogen and oxygen atoms in total. The van der Waals surface area contributed by atoms with E-state index in [0.717, 1.165) is 0 Å². The summed E-state index contributed by atoms with van der Waals surface area (Å²) in [7, 11) is 5.99. The van der Waals surface area contributed by atoms with Gasteiger partial charge in [0.05, 0.1) is 34.0 Å². The Balaban J connectivity index is 1.59. The van der Waals surface area contributed by atoms with Crippen LogP contribution in [0.4, 0.5) is 0 Å². The average Bonchev–Trinajstić information content (AvgIpc) is 3.17. The minimum atomic E-state index is -0.669. The number of allylic oxidation sites excluding steroid dienone is 1. The van der Waals surface area contributed by atoms with Crippen molar-refractivity contribution >= 4 is 17.8 Å². The second-order valence-corrected chi connectivity index (χ2v) is 7.13. The van der Waals surface area contributed by atoms with Crippen LogP contribution in [0.3, 0.4) is 0 Å². The van der Waals surface area contributed by atoms with E-state index in [-0.39, 0.29) is 28.6 Å². The molecule has 0 N–H and O–H groups in total. The predicted octanol–water partition coefficient (Wildman–Crippen LogP) is 4.56. The number of esters is 1. The zero-order valence-corrected chi connectivity index (χ0v) is 19.0. The van der Waals surface area contributed by atoms with Gasteiger partial charge in [0.15, 0.2) is 5.76 Å². The maximum absolute atomic E-state index is 12.8. The van der Waals surface area contributed by atoms with E-state index in [0.29, 0.717) is 34.1 Å². The van der Waals surface area contributed by atoms with Gasteiger partial charge in [0.2, 0.25) is 5.78 Å². The number of hydrogen-bond donors (Lipinski definition) is 0. The Hall–Kier alpha value is -4.46. The minimum Gasteiger partial charge on any atom is -0.497 e. The molecule has 0 aliphatic carbocycles. The van der Waals surface area contributed by atoms with Crippen LogP contribution in [-0.4, -0.2) is 40.2 Å². The van der Waals surface area contributed by atoms with Gasteiger partial charge in [-0.25, -0.2) is 4.79 Å². The number of methoxy groups -OCH3 is 4. The van der Waals surface area contributed by atoms with Gasteiger partial charge >= 0.3 is 5.97 Å². The monoisotopic (exact) mass is 462 g/mol. The van der Waals surface area contributed by atoms with Crippen LogP contribution in [0.25, 0.3) is 6.08 Å². The summed E-state index contributed by atoms with van der Waals surface area (Å²) in [5.74, 6) is 1.42. The van der Waals surface area contributed by atoms with E-state index in [9.17, 15) is 9.59 Å². The fraction of sp³-hybridized carbons (Fsp3) is 0.154. The minimum absolute atomic E-state index is 0.119. The molecule has 1 heterocycles. The van der Waals surface area contributed by atoms with Gasteiger partial charge in [-0.15, -0.1) is 0 Å². The highest BCUT2D eigenvalue weighted by Crippen LogP contribution is 2.37. The average molecular weight is 462 g/mol. The Morgan fingerprint density at radius 1 is 0.794 bits per heavy atom. The van der Waals surface area contributed by atoms with E-state index < -0.39 is 5.97 Å². The van der Waals surface area contributed by atoms with Gasteiger partial charge in [-0.2, -0.15) is 0 Å². The lowest BCUT2D eigenvalue weighted by molar-refractivity contribution is 0.0727. The molecule has 0 unspecified atom stereocenters. The van der Waals surface area contributed by atoms with Crippen LogP contribution in [0.2, 0.25) is 0 Å². The van der Waals surface area contributed by atoms with Crippen molar-refractivity contribution in [1.29, 1.82) is 0 Å². The third kappa shape index (κ3) is 4.25. The molecule has 3 aromatic carbocycles. The zero-order valence-electron chi connectivity index (χ0n) is 19.0. The van der Waals surface area contributed by atoms with Crippen molar-refractivity contribution in [2.75, 3.05) is 28.4 Å². The lowest BCUT2D eigenvalue weighted by atomic mass is 10.1. The van der Waals surface area contributed by atoms with Crippen molar-refractivity contribution in [2.45, 2.75) is 0 Å². The number of carbonyl (C=O) groups is 2. The molecular weight excluding hydrogens is 440 g/mol. The van der Waals surface area contributed by atoms with Crippen molar-refractivity contribution in [3.8, 4) is 34.5 Å². The third-order valence-corrected chi connectivity index (χ3v) is 5.21. The molecule has 34 heavy (non-hydrogen) atoms. The van der Waals surface area contributed by atoms with Crippen LogP contribution >= 0.6 is 0 Å². The van der Waals surface area contributed by atoms with Crippen LogP contribution in [0, 0.1) is 0 Å². The summed E-state index contributed by atoms with van der Waals surface area (Å²) < 4.78 is 32.4. The summed E-state index contributed by atoms with van der Waals surface area (Å²) >= 11 is 0. The Kier molecular flexibility index (Phi) is 6.40. The van der Waals surface area contributed by atoms with Gasteiger partial charge < -0.3 is 28.4 Å². The number of Topliss-reactive ketones (excluding diaryl/α,β-unsaturated/α-hetero) is 1. The molecule has 0 fully saturated rings. The number of fused-ring (bicyclic) bond motifs is 1. The standard InChI is InChI=1S/C26H22O8/c1-29-16-9-8-15(21(13-16)32-4)12-23-25(27)18-11-10-17(14-22(18)34-23)33-26(28)24-19(30-2)6-5-7-20(24)31-3/h5-14H,1-4H3/b23-12-. The molecular formula is C26H22O8. The first-order valence-corrected chi connectivity index (χ1v) is 10.2. The summed E-state index contributed by atoms with van der Waals surface area (Å²) in [6, 6.07) is 14.8.